The van der Waals surface area contributed by atoms with Crippen LogP contribution in [0.3, 0.4) is 0 Å². The largest absolute Gasteiger partial charge is 0.426 e. The molecule has 0 spiro atoms. The number of halogens is 12. The molecule has 1 aliphatic carbocycles. The van der Waals surface area contributed by atoms with Crippen molar-refractivity contribution < 1.29 is 62.5 Å². The highest BCUT2D eigenvalue weighted by molar-refractivity contribution is 5.07. The molecule has 0 bridgehead atoms. The van der Waals surface area contributed by atoms with Crippen LogP contribution >= 0.6 is 0 Å². The van der Waals surface area contributed by atoms with Crippen molar-refractivity contribution in [3.63, 3.8) is 0 Å². The SMILES string of the molecule is CCOC(C1CCCC(C(O)(C(F)(F)F)C(F)(F)F)C1)(C(F)(F)F)C(F)(F)F. The molecule has 0 heterocycles. The van der Waals surface area contributed by atoms with Crippen LogP contribution in [0.5, 0.6) is 0 Å². The number of hydrogen-bond donors (Lipinski definition) is 1. The molecule has 0 amide bonds. The van der Waals surface area contributed by atoms with Crippen LogP contribution < -0.4 is 0 Å². The van der Waals surface area contributed by atoms with E-state index in [0.29, 0.717) is 0 Å². The molecule has 0 radical (unpaired) electrons. The van der Waals surface area contributed by atoms with Crippen molar-refractivity contribution >= 4 is 0 Å². The molecular weight excluding hydrogens is 428 g/mol. The van der Waals surface area contributed by atoms with E-state index in [1.165, 1.54) is 0 Å². The Morgan fingerprint density at radius 3 is 1.43 bits per heavy atom. The van der Waals surface area contributed by atoms with E-state index in [0.717, 1.165) is 6.92 Å². The maximum absolute atomic E-state index is 13.4. The summed E-state index contributed by atoms with van der Waals surface area (Å²) in [6.45, 7) is -0.378. The van der Waals surface area contributed by atoms with E-state index in [1.807, 2.05) is 0 Å². The lowest BCUT2D eigenvalue weighted by Crippen LogP contribution is -2.67. The van der Waals surface area contributed by atoms with E-state index < -0.39 is 80.0 Å². The number of aliphatic hydroxyl groups is 1. The Morgan fingerprint density at radius 1 is 0.714 bits per heavy atom. The van der Waals surface area contributed by atoms with Crippen LogP contribution in [0, 0.1) is 11.8 Å². The van der Waals surface area contributed by atoms with Crippen molar-refractivity contribution in [3.8, 4) is 0 Å². The molecule has 168 valence electrons. The van der Waals surface area contributed by atoms with Gasteiger partial charge >= 0.3 is 24.7 Å². The molecular formula is C14H16F12O2. The first kappa shape index (κ1) is 25.1. The number of hydrogen-bond acceptors (Lipinski definition) is 2. The highest BCUT2D eigenvalue weighted by atomic mass is 19.4. The lowest BCUT2D eigenvalue weighted by atomic mass is 9.66. The summed E-state index contributed by atoms with van der Waals surface area (Å²) in [5.41, 5.74) is -10.4. The Balaban J connectivity index is 3.51. The first-order valence-corrected chi connectivity index (χ1v) is 7.90. The predicted molar refractivity (Wildman–Crippen MR) is 69.0 cm³/mol. The van der Waals surface area contributed by atoms with Gasteiger partial charge in [-0.15, -0.1) is 0 Å². The molecule has 0 aromatic rings. The Labute approximate surface area is 150 Å². The average Bonchev–Trinajstić information content (AvgIpc) is 2.47. The Kier molecular flexibility index (Phi) is 6.64. The van der Waals surface area contributed by atoms with Gasteiger partial charge < -0.3 is 9.84 Å². The monoisotopic (exact) mass is 444 g/mol. The van der Waals surface area contributed by atoms with Gasteiger partial charge in [0.15, 0.2) is 0 Å². The first-order valence-electron chi connectivity index (χ1n) is 7.90. The fraction of sp³-hybridized carbons (Fsp3) is 1.00. The topological polar surface area (TPSA) is 29.5 Å². The fourth-order valence-corrected chi connectivity index (χ4v) is 3.69. The molecule has 2 unspecified atom stereocenters. The molecule has 2 nitrogen and oxygen atoms in total. The van der Waals surface area contributed by atoms with Crippen molar-refractivity contribution in [3.05, 3.63) is 0 Å². The summed E-state index contributed by atoms with van der Waals surface area (Å²) in [5.74, 6) is -5.77. The summed E-state index contributed by atoms with van der Waals surface area (Å²) >= 11 is 0. The third-order valence-electron chi connectivity index (χ3n) is 4.92. The molecule has 0 aromatic heterocycles. The van der Waals surface area contributed by atoms with Gasteiger partial charge in [-0.2, -0.15) is 52.7 Å². The van der Waals surface area contributed by atoms with Gasteiger partial charge in [0.2, 0.25) is 0 Å². The highest BCUT2D eigenvalue weighted by Gasteiger charge is 2.78. The number of rotatable bonds is 4. The molecule has 28 heavy (non-hydrogen) atoms. The predicted octanol–water partition coefficient (Wildman–Crippen LogP) is 5.55. The summed E-state index contributed by atoms with van der Waals surface area (Å²) in [6.07, 6.45) is -29.8. The van der Waals surface area contributed by atoms with Crippen molar-refractivity contribution in [1.29, 1.82) is 0 Å². The maximum Gasteiger partial charge on any atom is 0.426 e. The molecule has 1 aliphatic rings. The van der Waals surface area contributed by atoms with Gasteiger partial charge in [0.1, 0.15) is 0 Å². The normalized spacial score (nSPS) is 23.8. The summed E-state index contributed by atoms with van der Waals surface area (Å²) in [4.78, 5) is 0. The van der Waals surface area contributed by atoms with Gasteiger partial charge in [-0.3, -0.25) is 0 Å². The minimum atomic E-state index is -6.36. The fourth-order valence-electron chi connectivity index (χ4n) is 3.69. The first-order chi connectivity index (χ1) is 12.3. The van der Waals surface area contributed by atoms with Crippen LogP contribution in [0.25, 0.3) is 0 Å². The second-order valence-electron chi connectivity index (χ2n) is 6.49. The highest BCUT2D eigenvalue weighted by Crippen LogP contribution is 2.58. The third-order valence-corrected chi connectivity index (χ3v) is 4.92. The smallest absolute Gasteiger partial charge is 0.373 e. The lowest BCUT2D eigenvalue weighted by Gasteiger charge is -2.48. The Bertz CT molecular complexity index is 502. The van der Waals surface area contributed by atoms with E-state index in [2.05, 4.69) is 4.74 Å². The van der Waals surface area contributed by atoms with Crippen molar-refractivity contribution in [2.24, 2.45) is 11.8 Å². The molecule has 1 fully saturated rings. The van der Waals surface area contributed by atoms with Gasteiger partial charge in [0.25, 0.3) is 11.2 Å². The van der Waals surface area contributed by atoms with Gasteiger partial charge in [0.05, 0.1) is 0 Å². The van der Waals surface area contributed by atoms with Gasteiger partial charge in [-0.25, -0.2) is 0 Å². The molecule has 1 N–H and O–H groups in total. The van der Waals surface area contributed by atoms with Crippen LogP contribution in [0.15, 0.2) is 0 Å². The van der Waals surface area contributed by atoms with Crippen LogP contribution in [-0.2, 0) is 4.74 Å². The third kappa shape index (κ3) is 3.90. The molecule has 1 saturated carbocycles. The summed E-state index contributed by atoms with van der Waals surface area (Å²) < 4.78 is 162. The molecule has 0 aromatic carbocycles. The van der Waals surface area contributed by atoms with Crippen molar-refractivity contribution in [1.82, 2.24) is 0 Å². The van der Waals surface area contributed by atoms with E-state index in [9.17, 15) is 57.8 Å². The lowest BCUT2D eigenvalue weighted by molar-refractivity contribution is -0.410. The second-order valence-corrected chi connectivity index (χ2v) is 6.49. The zero-order valence-electron chi connectivity index (χ0n) is 14.1. The zero-order chi connectivity index (χ0) is 22.4. The van der Waals surface area contributed by atoms with Crippen molar-refractivity contribution in [2.45, 2.75) is 68.5 Å². The standard InChI is InChI=1S/C14H16F12O2/c1-2-28-10(13(21,22)23,14(24,25)26)8-5-3-4-7(6-8)9(27,11(15,16)17)12(18,19)20/h7-8,27H,2-6H2,1H3. The Morgan fingerprint density at radius 2 is 1.11 bits per heavy atom. The molecule has 0 aliphatic heterocycles. The van der Waals surface area contributed by atoms with Gasteiger partial charge in [0, 0.05) is 18.4 Å². The van der Waals surface area contributed by atoms with Crippen LogP contribution in [0.1, 0.15) is 32.6 Å². The second kappa shape index (κ2) is 7.40. The molecule has 14 heteroatoms. The quantitative estimate of drug-likeness (QED) is 0.577. The van der Waals surface area contributed by atoms with Gasteiger partial charge in [-0.1, -0.05) is 6.42 Å². The summed E-state index contributed by atoms with van der Waals surface area (Å²) in [7, 11) is 0. The molecule has 1 rings (SSSR count). The van der Waals surface area contributed by atoms with Gasteiger partial charge in [-0.05, 0) is 26.2 Å². The summed E-state index contributed by atoms with van der Waals surface area (Å²) in [5, 5.41) is 9.37. The van der Waals surface area contributed by atoms with Crippen LogP contribution in [-0.4, -0.2) is 47.6 Å². The molecule has 0 saturated heterocycles. The minimum Gasteiger partial charge on any atom is -0.373 e. The van der Waals surface area contributed by atoms with Crippen molar-refractivity contribution in [2.75, 3.05) is 6.61 Å². The van der Waals surface area contributed by atoms with E-state index in [4.69, 9.17) is 0 Å². The maximum atomic E-state index is 13.4. The summed E-state index contributed by atoms with van der Waals surface area (Å²) in [6, 6.07) is 0. The Hall–Kier alpha value is -0.920. The average molecular weight is 444 g/mol. The number of alkyl halides is 12. The van der Waals surface area contributed by atoms with E-state index in [1.54, 1.807) is 0 Å². The minimum absolute atomic E-state index is 0.772. The van der Waals surface area contributed by atoms with E-state index >= 15 is 0 Å². The van der Waals surface area contributed by atoms with Crippen LogP contribution in [0.2, 0.25) is 0 Å². The molecule has 2 atom stereocenters. The van der Waals surface area contributed by atoms with Crippen LogP contribution in [0.4, 0.5) is 52.7 Å². The number of ether oxygens (including phenoxy) is 1. The van der Waals surface area contributed by atoms with E-state index in [-0.39, 0.29) is 0 Å². The zero-order valence-corrected chi connectivity index (χ0v) is 14.1.